The van der Waals surface area contributed by atoms with Crippen LogP contribution in [0.4, 0.5) is 0 Å². The number of hydrogen-bond acceptors (Lipinski definition) is 4. The van der Waals surface area contributed by atoms with Gasteiger partial charge in [-0.15, -0.1) is 0 Å². The van der Waals surface area contributed by atoms with Gasteiger partial charge in [-0.3, -0.25) is 5.41 Å². The van der Waals surface area contributed by atoms with Gasteiger partial charge in [-0.1, -0.05) is 176 Å². The van der Waals surface area contributed by atoms with Crippen LogP contribution in [0.3, 0.4) is 0 Å². The number of rotatable bonds is 8. The van der Waals surface area contributed by atoms with E-state index in [-0.39, 0.29) is 0 Å². The SMILES string of the molecule is N=C(/C(=C1\NC(c2ccccc2)=Cc2ccccc21)c1ccccc1)c1ccc(-c2cc(-c3ccccc3)nc(-c3ccc(-n4c5ccccc5c5ccccc54)cc3)n2)cc1. The van der Waals surface area contributed by atoms with Crippen molar-refractivity contribution >= 4 is 50.6 Å². The summed E-state index contributed by atoms with van der Waals surface area (Å²) in [6.45, 7) is 0. The van der Waals surface area contributed by atoms with E-state index in [1.807, 2.05) is 54.6 Å². The Hall–Kier alpha value is -8.41. The van der Waals surface area contributed by atoms with Gasteiger partial charge in [-0.05, 0) is 65.2 Å². The first-order valence-electron chi connectivity index (χ1n) is 20.8. The zero-order valence-corrected chi connectivity index (χ0v) is 33.7. The van der Waals surface area contributed by atoms with Crippen LogP contribution in [0, 0.1) is 5.41 Å². The Morgan fingerprint density at radius 1 is 0.452 bits per heavy atom. The molecule has 2 N–H and O–H groups in total. The Bertz CT molecular complexity index is 3290. The standard InChI is InChI=1S/C57H39N5/c58-55(54(41-20-8-3-9-21-41)56-46-23-11-10-22-44(46)36-49(59-56)38-16-4-1-5-17-38)42-30-28-40(29-31-42)51-37-50(39-18-6-2-7-19-39)60-57(61-51)43-32-34-45(35-33-43)62-52-26-14-12-24-47(52)48-25-13-15-27-53(48)62/h1-37,58-59H/b56-54-,58-55?. The van der Waals surface area contributed by atoms with Crippen LogP contribution in [0.1, 0.15) is 27.8 Å². The van der Waals surface area contributed by atoms with E-state index in [0.717, 1.165) is 78.6 Å². The first-order valence-corrected chi connectivity index (χ1v) is 20.8. The molecule has 5 nitrogen and oxygen atoms in total. The van der Waals surface area contributed by atoms with Crippen molar-refractivity contribution < 1.29 is 0 Å². The van der Waals surface area contributed by atoms with E-state index in [1.165, 1.54) is 21.8 Å². The molecule has 2 aromatic heterocycles. The number of nitrogens with zero attached hydrogens (tertiary/aromatic N) is 3. The fraction of sp³-hybridized carbons (Fsp3) is 0. The smallest absolute Gasteiger partial charge is 0.160 e. The van der Waals surface area contributed by atoms with Crippen molar-refractivity contribution in [2.45, 2.75) is 0 Å². The van der Waals surface area contributed by atoms with Gasteiger partial charge in [0.1, 0.15) is 0 Å². The van der Waals surface area contributed by atoms with Gasteiger partial charge in [0.15, 0.2) is 5.82 Å². The second-order valence-corrected chi connectivity index (χ2v) is 15.4. The molecule has 0 atom stereocenters. The molecule has 0 saturated carbocycles. The molecule has 1 aliphatic rings. The summed E-state index contributed by atoms with van der Waals surface area (Å²) in [7, 11) is 0. The molecule has 10 aromatic rings. The van der Waals surface area contributed by atoms with Gasteiger partial charge in [-0.2, -0.15) is 0 Å². The summed E-state index contributed by atoms with van der Waals surface area (Å²) in [5.74, 6) is 0.646. The Morgan fingerprint density at radius 3 is 1.61 bits per heavy atom. The third-order valence-corrected chi connectivity index (χ3v) is 11.7. The summed E-state index contributed by atoms with van der Waals surface area (Å²) in [6, 6.07) is 75.2. The van der Waals surface area contributed by atoms with Crippen LogP contribution >= 0.6 is 0 Å². The van der Waals surface area contributed by atoms with Gasteiger partial charge < -0.3 is 9.88 Å². The van der Waals surface area contributed by atoms with Crippen molar-refractivity contribution in [3.05, 3.63) is 246 Å². The molecule has 5 heteroatoms. The molecule has 0 aliphatic carbocycles. The highest BCUT2D eigenvalue weighted by atomic mass is 15.0. The predicted molar refractivity (Wildman–Crippen MR) is 257 cm³/mol. The first kappa shape index (κ1) is 36.7. The van der Waals surface area contributed by atoms with Crippen LogP contribution in [0.5, 0.6) is 0 Å². The molecule has 292 valence electrons. The molecule has 0 unspecified atom stereocenters. The molecular weight excluding hydrogens is 755 g/mol. The topological polar surface area (TPSA) is 66.6 Å². The van der Waals surface area contributed by atoms with Crippen molar-refractivity contribution in [3.8, 4) is 39.6 Å². The summed E-state index contributed by atoms with van der Waals surface area (Å²) < 4.78 is 2.32. The van der Waals surface area contributed by atoms with Crippen LogP contribution in [0.15, 0.2) is 218 Å². The molecule has 62 heavy (non-hydrogen) atoms. The molecule has 0 bridgehead atoms. The number of aromatic nitrogens is 3. The Kier molecular flexibility index (Phi) is 9.25. The average molecular weight is 794 g/mol. The number of nitrogens with one attached hydrogen (secondary N) is 2. The molecule has 0 fully saturated rings. The number of para-hydroxylation sites is 2. The zero-order valence-electron chi connectivity index (χ0n) is 33.7. The second kappa shape index (κ2) is 15.6. The number of fused-ring (bicyclic) bond motifs is 4. The largest absolute Gasteiger partial charge is 0.354 e. The van der Waals surface area contributed by atoms with Crippen LogP contribution in [0.25, 0.3) is 84.4 Å². The van der Waals surface area contributed by atoms with E-state index < -0.39 is 0 Å². The monoisotopic (exact) mass is 793 g/mol. The van der Waals surface area contributed by atoms with Crippen molar-refractivity contribution in [2.24, 2.45) is 0 Å². The molecule has 3 heterocycles. The molecule has 0 amide bonds. The maximum atomic E-state index is 9.85. The first-order chi connectivity index (χ1) is 30.7. The van der Waals surface area contributed by atoms with Gasteiger partial charge >= 0.3 is 0 Å². The Labute approximate surface area is 360 Å². The quantitative estimate of drug-likeness (QED) is 0.151. The molecule has 11 rings (SSSR count). The van der Waals surface area contributed by atoms with Crippen LogP contribution in [-0.2, 0) is 0 Å². The van der Waals surface area contributed by atoms with E-state index >= 15 is 0 Å². The third-order valence-electron chi connectivity index (χ3n) is 11.7. The van der Waals surface area contributed by atoms with Crippen LogP contribution in [-0.4, -0.2) is 20.2 Å². The van der Waals surface area contributed by atoms with Crippen molar-refractivity contribution in [1.29, 1.82) is 5.41 Å². The molecule has 0 saturated heterocycles. The molecule has 8 aromatic carbocycles. The number of hydrogen-bond donors (Lipinski definition) is 2. The zero-order chi connectivity index (χ0) is 41.4. The fourth-order valence-corrected chi connectivity index (χ4v) is 8.63. The lowest BCUT2D eigenvalue weighted by molar-refractivity contribution is 1.16. The van der Waals surface area contributed by atoms with Crippen LogP contribution in [0.2, 0.25) is 0 Å². The van der Waals surface area contributed by atoms with Gasteiger partial charge in [0.05, 0.1) is 33.8 Å². The summed E-state index contributed by atoms with van der Waals surface area (Å²) in [5, 5.41) is 16.1. The maximum Gasteiger partial charge on any atom is 0.160 e. The lowest BCUT2D eigenvalue weighted by atomic mass is 9.88. The molecule has 0 radical (unpaired) electrons. The van der Waals surface area contributed by atoms with Crippen LogP contribution < -0.4 is 5.32 Å². The van der Waals surface area contributed by atoms with E-state index in [0.29, 0.717) is 11.5 Å². The summed E-state index contributed by atoms with van der Waals surface area (Å²) in [5.41, 5.74) is 16.1. The van der Waals surface area contributed by atoms with Gasteiger partial charge in [0, 0.05) is 55.5 Å². The van der Waals surface area contributed by atoms with Crippen molar-refractivity contribution in [1.82, 2.24) is 19.9 Å². The van der Waals surface area contributed by atoms with Gasteiger partial charge in [0.2, 0.25) is 0 Å². The minimum Gasteiger partial charge on any atom is -0.354 e. The minimum atomic E-state index is 0.422. The maximum absolute atomic E-state index is 9.85. The Morgan fingerprint density at radius 2 is 0.968 bits per heavy atom. The second-order valence-electron chi connectivity index (χ2n) is 15.4. The normalized spacial score (nSPS) is 13.0. The molecule has 0 spiro atoms. The van der Waals surface area contributed by atoms with Gasteiger partial charge in [-0.25, -0.2) is 9.97 Å². The van der Waals surface area contributed by atoms with E-state index in [4.69, 9.17) is 9.97 Å². The highest BCUT2D eigenvalue weighted by molar-refractivity contribution is 6.36. The highest BCUT2D eigenvalue weighted by Crippen LogP contribution is 2.37. The molecule has 1 aliphatic heterocycles. The van der Waals surface area contributed by atoms with Crippen molar-refractivity contribution in [2.75, 3.05) is 0 Å². The lowest BCUT2D eigenvalue weighted by Crippen LogP contribution is -2.20. The number of benzene rings is 8. The predicted octanol–water partition coefficient (Wildman–Crippen LogP) is 13.6. The Balaban J connectivity index is 0.979. The fourth-order valence-electron chi connectivity index (χ4n) is 8.63. The minimum absolute atomic E-state index is 0.422. The lowest BCUT2D eigenvalue weighted by Gasteiger charge is -2.26. The van der Waals surface area contributed by atoms with E-state index in [1.54, 1.807) is 0 Å². The summed E-state index contributed by atoms with van der Waals surface area (Å²) in [4.78, 5) is 10.3. The highest BCUT2D eigenvalue weighted by Gasteiger charge is 2.24. The summed E-state index contributed by atoms with van der Waals surface area (Å²) in [6.07, 6.45) is 2.19. The number of allylic oxidation sites excluding steroid dienone is 1. The van der Waals surface area contributed by atoms with E-state index in [9.17, 15) is 5.41 Å². The summed E-state index contributed by atoms with van der Waals surface area (Å²) >= 11 is 0. The van der Waals surface area contributed by atoms with Gasteiger partial charge in [0.25, 0.3) is 0 Å². The van der Waals surface area contributed by atoms with E-state index in [2.05, 4.69) is 180 Å². The molecular formula is C57H39N5. The average Bonchev–Trinajstić information content (AvgIpc) is 3.69. The third kappa shape index (κ3) is 6.68. The van der Waals surface area contributed by atoms with Crippen molar-refractivity contribution in [3.63, 3.8) is 0 Å².